The number of hydrogen-bond acceptors (Lipinski definition) is 3. The minimum absolute atomic E-state index is 0.0796. The molecule has 0 aromatic rings. The van der Waals surface area contributed by atoms with Crippen molar-refractivity contribution in [2.45, 2.75) is 64.8 Å². The fourth-order valence-corrected chi connectivity index (χ4v) is 3.39. The van der Waals surface area contributed by atoms with Crippen LogP contribution in [0.3, 0.4) is 0 Å². The molecule has 106 valence electrons. The lowest BCUT2D eigenvalue weighted by atomic mass is 9.67. The van der Waals surface area contributed by atoms with Crippen LogP contribution in [0.2, 0.25) is 0 Å². The summed E-state index contributed by atoms with van der Waals surface area (Å²) in [5.74, 6) is 1.90. The maximum Gasteiger partial charge on any atom is 0.157 e. The summed E-state index contributed by atoms with van der Waals surface area (Å²) in [6, 6.07) is 0. The molecule has 0 bridgehead atoms. The summed E-state index contributed by atoms with van der Waals surface area (Å²) in [5.41, 5.74) is -0.499. The first-order valence-electron chi connectivity index (χ1n) is 7.47. The van der Waals surface area contributed by atoms with Crippen molar-refractivity contribution in [1.82, 2.24) is 0 Å². The molecule has 3 nitrogen and oxygen atoms in total. The molecule has 3 heteroatoms. The lowest BCUT2D eigenvalue weighted by Gasteiger charge is -2.43. The van der Waals surface area contributed by atoms with Crippen LogP contribution in [0.25, 0.3) is 0 Å². The van der Waals surface area contributed by atoms with Crippen molar-refractivity contribution in [1.29, 1.82) is 0 Å². The van der Waals surface area contributed by atoms with E-state index in [0.717, 1.165) is 43.9 Å². The monoisotopic (exact) mass is 256 g/mol. The van der Waals surface area contributed by atoms with Crippen molar-refractivity contribution < 1.29 is 14.6 Å². The van der Waals surface area contributed by atoms with Gasteiger partial charge in [-0.3, -0.25) is 0 Å². The third-order valence-corrected chi connectivity index (χ3v) is 4.97. The summed E-state index contributed by atoms with van der Waals surface area (Å²) >= 11 is 0. The zero-order chi connectivity index (χ0) is 13.2. The molecule has 1 saturated carbocycles. The summed E-state index contributed by atoms with van der Waals surface area (Å²) in [5, 5.41) is 10.8. The van der Waals surface area contributed by atoms with Crippen molar-refractivity contribution in [3.05, 3.63) is 0 Å². The van der Waals surface area contributed by atoms with Crippen molar-refractivity contribution in [2.24, 2.45) is 17.8 Å². The largest absolute Gasteiger partial charge is 0.390 e. The molecule has 1 heterocycles. The smallest absolute Gasteiger partial charge is 0.157 e. The second-order valence-corrected chi connectivity index (χ2v) is 6.49. The molecule has 3 unspecified atom stereocenters. The van der Waals surface area contributed by atoms with E-state index >= 15 is 0 Å². The first-order valence-corrected chi connectivity index (χ1v) is 7.47. The molecule has 1 N–H and O–H groups in total. The Kier molecular flexibility index (Phi) is 4.68. The molecule has 0 aromatic carbocycles. The fraction of sp³-hybridized carbons (Fsp3) is 1.00. The second-order valence-electron chi connectivity index (χ2n) is 6.49. The van der Waals surface area contributed by atoms with Gasteiger partial charge in [0.1, 0.15) is 0 Å². The maximum atomic E-state index is 10.8. The van der Waals surface area contributed by atoms with Gasteiger partial charge in [0, 0.05) is 6.42 Å². The van der Waals surface area contributed by atoms with E-state index in [-0.39, 0.29) is 6.29 Å². The highest BCUT2D eigenvalue weighted by atomic mass is 16.7. The zero-order valence-corrected chi connectivity index (χ0v) is 12.0. The Labute approximate surface area is 111 Å². The number of ether oxygens (including phenoxy) is 2. The van der Waals surface area contributed by atoms with Crippen molar-refractivity contribution in [3.63, 3.8) is 0 Å². The van der Waals surface area contributed by atoms with Crippen LogP contribution in [0.4, 0.5) is 0 Å². The first kappa shape index (κ1) is 14.3. The average molecular weight is 256 g/mol. The minimum atomic E-state index is -0.499. The van der Waals surface area contributed by atoms with E-state index < -0.39 is 5.60 Å². The highest BCUT2D eigenvalue weighted by Crippen LogP contribution is 2.42. The first-order chi connectivity index (χ1) is 8.51. The van der Waals surface area contributed by atoms with Gasteiger partial charge in [0.25, 0.3) is 0 Å². The predicted octanol–water partition coefficient (Wildman–Crippen LogP) is 2.96. The van der Waals surface area contributed by atoms with Crippen LogP contribution in [0.5, 0.6) is 0 Å². The molecule has 0 aromatic heterocycles. The summed E-state index contributed by atoms with van der Waals surface area (Å²) in [6.07, 6.45) is 4.80. The number of aliphatic hydroxyl groups is 1. The molecule has 0 radical (unpaired) electrons. The highest BCUT2D eigenvalue weighted by molar-refractivity contribution is 4.91. The van der Waals surface area contributed by atoms with E-state index in [1.807, 2.05) is 0 Å². The topological polar surface area (TPSA) is 38.7 Å². The van der Waals surface area contributed by atoms with E-state index in [4.69, 9.17) is 9.47 Å². The summed E-state index contributed by atoms with van der Waals surface area (Å²) < 4.78 is 10.9. The molecule has 1 aliphatic heterocycles. The van der Waals surface area contributed by atoms with Crippen LogP contribution in [0.15, 0.2) is 0 Å². The molecule has 1 aliphatic carbocycles. The van der Waals surface area contributed by atoms with Crippen LogP contribution >= 0.6 is 0 Å². The molecular weight excluding hydrogens is 228 g/mol. The van der Waals surface area contributed by atoms with E-state index in [2.05, 4.69) is 20.8 Å². The van der Waals surface area contributed by atoms with Crippen molar-refractivity contribution in [2.75, 3.05) is 13.2 Å². The molecule has 2 rings (SSSR count). The number of hydrogen-bond donors (Lipinski definition) is 1. The standard InChI is InChI=1S/C15H28O3/c1-11(2)13-4-6-15(16,12(3)10-13)7-5-14-17-8-9-18-14/h11-14,16H,4-10H2,1-3H3. The van der Waals surface area contributed by atoms with Crippen LogP contribution in [-0.4, -0.2) is 30.2 Å². The Morgan fingerprint density at radius 2 is 1.94 bits per heavy atom. The molecular formula is C15H28O3. The van der Waals surface area contributed by atoms with Crippen LogP contribution < -0.4 is 0 Å². The summed E-state index contributed by atoms with van der Waals surface area (Å²) in [6.45, 7) is 8.19. The molecule has 0 spiro atoms. The highest BCUT2D eigenvalue weighted by Gasteiger charge is 2.40. The van der Waals surface area contributed by atoms with Gasteiger partial charge in [0.15, 0.2) is 6.29 Å². The third-order valence-electron chi connectivity index (χ3n) is 4.97. The van der Waals surface area contributed by atoms with Crippen molar-refractivity contribution in [3.8, 4) is 0 Å². The van der Waals surface area contributed by atoms with Gasteiger partial charge < -0.3 is 14.6 Å². The lowest BCUT2D eigenvalue weighted by molar-refractivity contribution is -0.0993. The normalized spacial score (nSPS) is 38.5. The Morgan fingerprint density at radius 3 is 2.50 bits per heavy atom. The SMILES string of the molecule is CC(C)C1CCC(O)(CCC2OCCO2)C(C)C1. The lowest BCUT2D eigenvalue weighted by Crippen LogP contribution is -2.43. The van der Waals surface area contributed by atoms with Crippen LogP contribution in [0, 0.1) is 17.8 Å². The van der Waals surface area contributed by atoms with Crippen molar-refractivity contribution >= 4 is 0 Å². The maximum absolute atomic E-state index is 10.8. The number of rotatable bonds is 4. The van der Waals surface area contributed by atoms with Crippen LogP contribution in [-0.2, 0) is 9.47 Å². The van der Waals surface area contributed by atoms with Gasteiger partial charge in [-0.2, -0.15) is 0 Å². The van der Waals surface area contributed by atoms with Gasteiger partial charge in [-0.15, -0.1) is 0 Å². The third kappa shape index (κ3) is 3.25. The zero-order valence-electron chi connectivity index (χ0n) is 12.0. The summed E-state index contributed by atoms with van der Waals surface area (Å²) in [7, 11) is 0. The van der Waals surface area contributed by atoms with Gasteiger partial charge >= 0.3 is 0 Å². The second kappa shape index (κ2) is 5.89. The quantitative estimate of drug-likeness (QED) is 0.840. The van der Waals surface area contributed by atoms with E-state index in [0.29, 0.717) is 19.1 Å². The predicted molar refractivity (Wildman–Crippen MR) is 71.2 cm³/mol. The molecule has 0 amide bonds. The minimum Gasteiger partial charge on any atom is -0.390 e. The molecule has 2 aliphatic rings. The van der Waals surface area contributed by atoms with E-state index in [9.17, 15) is 5.11 Å². The molecule has 1 saturated heterocycles. The molecule has 18 heavy (non-hydrogen) atoms. The van der Waals surface area contributed by atoms with E-state index in [1.165, 1.54) is 0 Å². The van der Waals surface area contributed by atoms with E-state index in [1.54, 1.807) is 0 Å². The van der Waals surface area contributed by atoms with Crippen LogP contribution in [0.1, 0.15) is 52.9 Å². The van der Waals surface area contributed by atoms with Gasteiger partial charge in [-0.05, 0) is 43.4 Å². The fourth-order valence-electron chi connectivity index (χ4n) is 3.39. The van der Waals surface area contributed by atoms with Gasteiger partial charge in [-0.25, -0.2) is 0 Å². The van der Waals surface area contributed by atoms with Gasteiger partial charge in [0.05, 0.1) is 18.8 Å². The Morgan fingerprint density at radius 1 is 1.28 bits per heavy atom. The summed E-state index contributed by atoms with van der Waals surface area (Å²) in [4.78, 5) is 0. The Bertz CT molecular complexity index is 260. The average Bonchev–Trinajstić information content (AvgIpc) is 2.83. The molecule has 3 atom stereocenters. The van der Waals surface area contributed by atoms with Gasteiger partial charge in [-0.1, -0.05) is 20.8 Å². The van der Waals surface area contributed by atoms with Gasteiger partial charge in [0.2, 0.25) is 0 Å². The Balaban J connectivity index is 1.82. The molecule has 2 fully saturated rings. The Hall–Kier alpha value is -0.120.